The summed E-state index contributed by atoms with van der Waals surface area (Å²) in [6, 6.07) is 9.45. The van der Waals surface area contributed by atoms with Crippen LogP contribution in [0.3, 0.4) is 0 Å². The Morgan fingerprint density at radius 1 is 1.24 bits per heavy atom. The molecule has 11 heteroatoms. The Hall–Kier alpha value is -2.89. The molecule has 2 aliphatic rings. The summed E-state index contributed by atoms with van der Waals surface area (Å²) in [6.45, 7) is 10.7. The number of nitrogens with zero attached hydrogens (tertiary/aromatic N) is 4. The predicted molar refractivity (Wildman–Crippen MR) is 151 cm³/mol. The molecule has 1 aliphatic carbocycles. The van der Waals surface area contributed by atoms with E-state index in [1.54, 1.807) is 0 Å². The molecular weight excluding hydrogens is 520 g/mol. The molecule has 2 amide bonds. The third-order valence-electron chi connectivity index (χ3n) is 6.73. The third-order valence-corrected chi connectivity index (χ3v) is 9.96. The second-order valence-corrected chi connectivity index (χ2v) is 13.2. The highest BCUT2D eigenvalue weighted by molar-refractivity contribution is 7.88. The number of hydrogen-bond donors (Lipinski definition) is 2. The molecule has 1 saturated heterocycles. The second-order valence-electron chi connectivity index (χ2n) is 10.4. The molecule has 0 bridgehead atoms. The van der Waals surface area contributed by atoms with Crippen LogP contribution in [0.4, 0.5) is 16.3 Å². The van der Waals surface area contributed by atoms with Gasteiger partial charge in [0.1, 0.15) is 5.82 Å². The zero-order valence-electron chi connectivity index (χ0n) is 22.2. The lowest BCUT2D eigenvalue weighted by atomic mass is 10.1. The van der Waals surface area contributed by atoms with Gasteiger partial charge in [-0.05, 0) is 56.9 Å². The molecule has 0 spiro atoms. The Kier molecular flexibility index (Phi) is 7.78. The highest BCUT2D eigenvalue weighted by Gasteiger charge is 2.53. The van der Waals surface area contributed by atoms with Gasteiger partial charge < -0.3 is 20.3 Å². The molecule has 9 nitrogen and oxygen atoms in total. The van der Waals surface area contributed by atoms with E-state index in [0.29, 0.717) is 41.5 Å². The summed E-state index contributed by atoms with van der Waals surface area (Å²) in [7, 11) is -1.30. The molecule has 2 aromatic heterocycles. The molecule has 2 N–H and O–H groups in total. The summed E-state index contributed by atoms with van der Waals surface area (Å²) in [5.41, 5.74) is 3.19. The molecule has 5 rings (SSSR count). The summed E-state index contributed by atoms with van der Waals surface area (Å²) in [4.78, 5) is 28.8. The topological polar surface area (TPSA) is 109 Å². The van der Waals surface area contributed by atoms with E-state index < -0.39 is 15.5 Å². The van der Waals surface area contributed by atoms with Gasteiger partial charge in [-0.1, -0.05) is 13.8 Å². The lowest BCUT2D eigenvalue weighted by Gasteiger charge is -2.34. The Labute approximate surface area is 229 Å². The van der Waals surface area contributed by atoms with Gasteiger partial charge in [0.2, 0.25) is 0 Å². The molecule has 3 aromatic rings. The number of rotatable bonds is 8. The maximum absolute atomic E-state index is 13.7. The fraction of sp³-hybridized carbons (Fsp3) is 0.481. The van der Waals surface area contributed by atoms with Crippen molar-refractivity contribution in [1.29, 1.82) is 0 Å². The molecular formula is C27H34N6O3S2. The highest BCUT2D eigenvalue weighted by atomic mass is 32.2. The molecule has 3 heterocycles. The minimum Gasteiger partial charge on any atom is -0.377 e. The van der Waals surface area contributed by atoms with Crippen LogP contribution in [-0.2, 0) is 20.3 Å². The van der Waals surface area contributed by atoms with Gasteiger partial charge in [0, 0.05) is 41.5 Å². The number of thiazole rings is 1. The normalized spacial score (nSPS) is 19.3. The number of nitrogens with one attached hydrogen (secondary N) is 2. The minimum absolute atomic E-state index is 0.164. The summed E-state index contributed by atoms with van der Waals surface area (Å²) in [5.74, 6) is 1.76. The van der Waals surface area contributed by atoms with Crippen molar-refractivity contribution in [2.45, 2.75) is 55.7 Å². The van der Waals surface area contributed by atoms with Gasteiger partial charge in [0.05, 0.1) is 40.5 Å². The number of aryl methyl sites for hydroxylation is 1. The Bertz CT molecular complexity index is 1320. The summed E-state index contributed by atoms with van der Waals surface area (Å²) < 4.78 is 19.4. The highest BCUT2D eigenvalue weighted by Crippen LogP contribution is 2.53. The van der Waals surface area contributed by atoms with Crippen LogP contribution in [0.2, 0.25) is 0 Å². The number of anilines is 2. The van der Waals surface area contributed by atoms with E-state index in [2.05, 4.69) is 41.3 Å². The summed E-state index contributed by atoms with van der Waals surface area (Å²) in [5, 5.41) is 7.66. The maximum atomic E-state index is 13.7. The van der Waals surface area contributed by atoms with Crippen LogP contribution in [-0.4, -0.2) is 57.5 Å². The number of ether oxygens (including phenoxy) is 1. The predicted octanol–water partition coefficient (Wildman–Crippen LogP) is 4.71. The van der Waals surface area contributed by atoms with Gasteiger partial charge in [0.25, 0.3) is 0 Å². The number of carbonyl (C=O) groups excluding carboxylic acids is 1. The molecule has 2 atom stereocenters. The van der Waals surface area contributed by atoms with E-state index in [-0.39, 0.29) is 12.1 Å². The molecule has 38 heavy (non-hydrogen) atoms. The molecule has 1 saturated carbocycles. The lowest BCUT2D eigenvalue weighted by Crippen LogP contribution is -2.44. The monoisotopic (exact) mass is 554 g/mol. The van der Waals surface area contributed by atoms with Crippen molar-refractivity contribution in [3.8, 4) is 11.4 Å². The zero-order valence-corrected chi connectivity index (χ0v) is 23.8. The first-order valence-corrected chi connectivity index (χ1v) is 15.0. The molecule has 1 aliphatic heterocycles. The first kappa shape index (κ1) is 26.7. The number of morpholine rings is 1. The number of aromatic nitrogens is 3. The van der Waals surface area contributed by atoms with E-state index in [9.17, 15) is 9.00 Å². The van der Waals surface area contributed by atoms with Crippen LogP contribution in [0.1, 0.15) is 45.0 Å². The second kappa shape index (κ2) is 11.1. The fourth-order valence-electron chi connectivity index (χ4n) is 4.42. The van der Waals surface area contributed by atoms with Crippen molar-refractivity contribution in [3.05, 3.63) is 47.1 Å². The van der Waals surface area contributed by atoms with Gasteiger partial charge in [-0.15, -0.1) is 11.3 Å². The quantitative estimate of drug-likeness (QED) is 0.415. The molecule has 202 valence electrons. The van der Waals surface area contributed by atoms with Crippen LogP contribution >= 0.6 is 11.3 Å². The standard InChI is InChI=1S/C27H34N6O3S2/c1-17(2)14-28-25(34)30-21-7-5-20(6-8-21)24-31-22(13-23(32-24)33-11-12-36-15-19(33)4)27(9-10-27)38(35)26-29-18(3)16-37-26/h5-8,13,16-17,19H,9-12,14-15H2,1-4H3,(H2,28,30,34)/t19-,38?/m0/s1. The third kappa shape index (κ3) is 5.74. The van der Waals surface area contributed by atoms with Crippen molar-refractivity contribution in [3.63, 3.8) is 0 Å². The average Bonchev–Trinajstić information content (AvgIpc) is 3.61. The minimum atomic E-state index is -1.30. The Balaban J connectivity index is 1.47. The van der Waals surface area contributed by atoms with Gasteiger partial charge in [0.15, 0.2) is 10.2 Å². The van der Waals surface area contributed by atoms with Crippen LogP contribution in [0.5, 0.6) is 0 Å². The van der Waals surface area contributed by atoms with Crippen molar-refractivity contribution in [1.82, 2.24) is 20.3 Å². The van der Waals surface area contributed by atoms with Crippen molar-refractivity contribution >= 4 is 39.7 Å². The van der Waals surface area contributed by atoms with E-state index in [4.69, 9.17) is 14.7 Å². The smallest absolute Gasteiger partial charge is 0.319 e. The SMILES string of the molecule is Cc1csc(S(=O)C2(c3cc(N4CCOC[C@@H]4C)nc(-c4ccc(NC(=O)NCC(C)C)cc4)n3)CC2)n1. The van der Waals surface area contributed by atoms with E-state index in [1.807, 2.05) is 42.6 Å². The number of urea groups is 1. The fourth-order valence-corrected chi connectivity index (χ4v) is 7.24. The van der Waals surface area contributed by atoms with Gasteiger partial charge in [-0.3, -0.25) is 4.21 Å². The lowest BCUT2D eigenvalue weighted by molar-refractivity contribution is 0.0985. The van der Waals surface area contributed by atoms with Gasteiger partial charge >= 0.3 is 6.03 Å². The number of benzene rings is 1. The van der Waals surface area contributed by atoms with Crippen LogP contribution in [0, 0.1) is 12.8 Å². The molecule has 1 unspecified atom stereocenters. The van der Waals surface area contributed by atoms with E-state index >= 15 is 0 Å². The first-order chi connectivity index (χ1) is 18.2. The zero-order chi connectivity index (χ0) is 26.9. The first-order valence-electron chi connectivity index (χ1n) is 13.0. The van der Waals surface area contributed by atoms with Gasteiger partial charge in [-0.25, -0.2) is 19.7 Å². The van der Waals surface area contributed by atoms with Crippen molar-refractivity contribution < 1.29 is 13.7 Å². The average molecular weight is 555 g/mol. The van der Waals surface area contributed by atoms with E-state index in [0.717, 1.165) is 42.2 Å². The number of carbonyl (C=O) groups is 1. The Morgan fingerprint density at radius 2 is 2.00 bits per heavy atom. The molecule has 1 aromatic carbocycles. The summed E-state index contributed by atoms with van der Waals surface area (Å²) >= 11 is 1.44. The van der Waals surface area contributed by atoms with Gasteiger partial charge in [-0.2, -0.15) is 0 Å². The van der Waals surface area contributed by atoms with Crippen molar-refractivity contribution in [2.24, 2.45) is 5.92 Å². The largest absolute Gasteiger partial charge is 0.377 e. The molecule has 2 fully saturated rings. The molecule has 0 radical (unpaired) electrons. The van der Waals surface area contributed by atoms with Crippen LogP contribution < -0.4 is 15.5 Å². The van der Waals surface area contributed by atoms with Crippen LogP contribution in [0.15, 0.2) is 40.1 Å². The summed E-state index contributed by atoms with van der Waals surface area (Å²) in [6.07, 6.45) is 1.59. The maximum Gasteiger partial charge on any atom is 0.319 e. The van der Waals surface area contributed by atoms with Crippen LogP contribution in [0.25, 0.3) is 11.4 Å². The number of amides is 2. The van der Waals surface area contributed by atoms with E-state index in [1.165, 1.54) is 11.3 Å². The van der Waals surface area contributed by atoms with Crippen molar-refractivity contribution in [2.75, 3.05) is 36.5 Å². The number of hydrogen-bond acceptors (Lipinski definition) is 8. The Morgan fingerprint density at radius 3 is 2.63 bits per heavy atom.